The van der Waals surface area contributed by atoms with Crippen molar-refractivity contribution in [1.29, 1.82) is 5.26 Å². The first-order valence-electron chi connectivity index (χ1n) is 10.1. The van der Waals surface area contributed by atoms with Gasteiger partial charge in [0.1, 0.15) is 0 Å². The molecule has 0 amide bonds. The zero-order valence-corrected chi connectivity index (χ0v) is 16.9. The molecule has 2 aromatic rings. The lowest BCUT2D eigenvalue weighted by atomic mass is 9.82. The monoisotopic (exact) mass is 390 g/mol. The average Bonchev–Trinajstić information content (AvgIpc) is 3.04. The molecular formula is C24H26N2O3. The molecule has 150 valence electrons. The summed E-state index contributed by atoms with van der Waals surface area (Å²) >= 11 is 0. The molecule has 1 spiro atoms. The van der Waals surface area contributed by atoms with Crippen molar-refractivity contribution >= 4 is 5.97 Å². The molecule has 2 fully saturated rings. The molecule has 0 radical (unpaired) electrons. The third-order valence-corrected chi connectivity index (χ3v) is 6.01. The van der Waals surface area contributed by atoms with Gasteiger partial charge < -0.3 is 9.57 Å². The fraction of sp³-hybridized carbons (Fsp3) is 0.417. The second-order valence-corrected chi connectivity index (χ2v) is 8.63. The van der Waals surface area contributed by atoms with Gasteiger partial charge in [0.2, 0.25) is 0 Å². The molecule has 2 atom stereocenters. The molecule has 0 bridgehead atoms. The lowest BCUT2D eigenvalue weighted by Gasteiger charge is -2.44. The second-order valence-electron chi connectivity index (χ2n) is 8.63. The van der Waals surface area contributed by atoms with Gasteiger partial charge in [0.15, 0.2) is 0 Å². The second kappa shape index (κ2) is 7.62. The SMILES string of the molecule is CC1(C)CCC2(CCN(OC(=O)c3ccccc3)C(c3ccc(C#N)cc3)C2)O1. The summed E-state index contributed by atoms with van der Waals surface area (Å²) in [4.78, 5) is 18.5. The summed E-state index contributed by atoms with van der Waals surface area (Å²) in [5.41, 5.74) is 1.85. The number of nitrogens with zero attached hydrogens (tertiary/aromatic N) is 2. The standard InChI is InChI=1S/C24H26N2O3/c1-23(2)12-13-24(29-23)14-15-26(28-22(27)20-6-4-3-5-7-20)21(16-24)19-10-8-18(17-25)9-11-19/h3-11,21H,12-16H2,1-2H3. The highest BCUT2D eigenvalue weighted by atomic mass is 16.7. The van der Waals surface area contributed by atoms with E-state index in [4.69, 9.17) is 14.8 Å². The molecule has 0 aromatic heterocycles. The van der Waals surface area contributed by atoms with Crippen LogP contribution in [-0.4, -0.2) is 28.8 Å². The number of rotatable bonds is 3. The highest BCUT2D eigenvalue weighted by molar-refractivity contribution is 5.89. The van der Waals surface area contributed by atoms with Gasteiger partial charge in [-0.15, -0.1) is 5.06 Å². The summed E-state index contributed by atoms with van der Waals surface area (Å²) in [7, 11) is 0. The quantitative estimate of drug-likeness (QED) is 0.754. The summed E-state index contributed by atoms with van der Waals surface area (Å²) in [6.07, 6.45) is 3.61. The number of benzene rings is 2. The molecule has 5 heteroatoms. The van der Waals surface area contributed by atoms with E-state index in [1.165, 1.54) is 0 Å². The summed E-state index contributed by atoms with van der Waals surface area (Å²) < 4.78 is 6.49. The maximum atomic E-state index is 12.7. The Morgan fingerprint density at radius 3 is 2.45 bits per heavy atom. The Morgan fingerprint density at radius 2 is 1.83 bits per heavy atom. The number of hydroxylamine groups is 2. The minimum Gasteiger partial charge on any atom is -0.369 e. The maximum absolute atomic E-state index is 12.7. The Labute approximate surface area is 171 Å². The Bertz CT molecular complexity index is 917. The van der Waals surface area contributed by atoms with Gasteiger partial charge in [-0.2, -0.15) is 5.26 Å². The predicted molar refractivity (Wildman–Crippen MR) is 109 cm³/mol. The van der Waals surface area contributed by atoms with Gasteiger partial charge >= 0.3 is 5.97 Å². The van der Waals surface area contributed by atoms with Crippen LogP contribution in [0.1, 0.15) is 67.1 Å². The van der Waals surface area contributed by atoms with Crippen LogP contribution in [0, 0.1) is 11.3 Å². The molecule has 29 heavy (non-hydrogen) atoms. The van der Waals surface area contributed by atoms with Crippen LogP contribution in [0.15, 0.2) is 54.6 Å². The number of nitriles is 1. The molecule has 0 N–H and O–H groups in total. The number of carbonyl (C=O) groups excluding carboxylic acids is 1. The molecule has 2 saturated heterocycles. The van der Waals surface area contributed by atoms with Crippen molar-refractivity contribution in [1.82, 2.24) is 5.06 Å². The molecule has 2 aliphatic rings. The van der Waals surface area contributed by atoms with Gasteiger partial charge in [-0.25, -0.2) is 4.79 Å². The first-order valence-corrected chi connectivity index (χ1v) is 10.1. The molecule has 0 aliphatic carbocycles. The van der Waals surface area contributed by atoms with Crippen LogP contribution in [0.3, 0.4) is 0 Å². The summed E-state index contributed by atoms with van der Waals surface area (Å²) in [6, 6.07) is 18.6. The predicted octanol–water partition coefficient (Wildman–Crippen LogP) is 4.79. The smallest absolute Gasteiger partial charge is 0.357 e. The van der Waals surface area contributed by atoms with Crippen molar-refractivity contribution in [3.05, 3.63) is 71.3 Å². The fourth-order valence-corrected chi connectivity index (χ4v) is 4.47. The van der Waals surface area contributed by atoms with Crippen molar-refractivity contribution in [2.45, 2.75) is 56.8 Å². The summed E-state index contributed by atoms with van der Waals surface area (Å²) in [5, 5.41) is 10.9. The maximum Gasteiger partial charge on any atom is 0.357 e. The minimum atomic E-state index is -0.354. The van der Waals surface area contributed by atoms with Crippen LogP contribution in [0.5, 0.6) is 0 Å². The Balaban J connectivity index is 1.59. The van der Waals surface area contributed by atoms with Crippen molar-refractivity contribution < 1.29 is 14.4 Å². The molecular weight excluding hydrogens is 364 g/mol. The number of ether oxygens (including phenoxy) is 1. The van der Waals surface area contributed by atoms with Gasteiger partial charge in [-0.3, -0.25) is 0 Å². The fourth-order valence-electron chi connectivity index (χ4n) is 4.47. The van der Waals surface area contributed by atoms with Crippen LogP contribution in [0.2, 0.25) is 0 Å². The van der Waals surface area contributed by atoms with Crippen LogP contribution in [0.25, 0.3) is 0 Å². The topological polar surface area (TPSA) is 62.6 Å². The molecule has 2 aromatic carbocycles. The summed E-state index contributed by atoms with van der Waals surface area (Å²) in [5.74, 6) is -0.354. The average molecular weight is 390 g/mol. The van der Waals surface area contributed by atoms with E-state index >= 15 is 0 Å². The van der Waals surface area contributed by atoms with Gasteiger partial charge in [0.05, 0.1) is 34.4 Å². The van der Waals surface area contributed by atoms with Crippen LogP contribution >= 0.6 is 0 Å². The highest BCUT2D eigenvalue weighted by Crippen LogP contribution is 2.48. The normalized spacial score (nSPS) is 26.2. The van der Waals surface area contributed by atoms with Crippen LogP contribution < -0.4 is 0 Å². The zero-order chi connectivity index (χ0) is 20.5. The van der Waals surface area contributed by atoms with Crippen molar-refractivity contribution in [2.24, 2.45) is 0 Å². The van der Waals surface area contributed by atoms with E-state index in [9.17, 15) is 4.79 Å². The Hall–Kier alpha value is -2.68. The first kappa shape index (κ1) is 19.6. The largest absolute Gasteiger partial charge is 0.369 e. The summed E-state index contributed by atoms with van der Waals surface area (Å²) in [6.45, 7) is 4.89. The third kappa shape index (κ3) is 4.19. The van der Waals surface area contributed by atoms with Gasteiger partial charge in [0.25, 0.3) is 0 Å². The number of carbonyl (C=O) groups is 1. The first-order chi connectivity index (χ1) is 13.9. The van der Waals surface area contributed by atoms with Crippen molar-refractivity contribution in [3.63, 3.8) is 0 Å². The van der Waals surface area contributed by atoms with Crippen molar-refractivity contribution in [2.75, 3.05) is 6.54 Å². The van der Waals surface area contributed by atoms with Gasteiger partial charge in [-0.05, 0) is 69.4 Å². The van der Waals surface area contributed by atoms with E-state index in [1.807, 2.05) is 42.5 Å². The van der Waals surface area contributed by atoms with Gasteiger partial charge in [0, 0.05) is 6.54 Å². The van der Waals surface area contributed by atoms with E-state index < -0.39 is 0 Å². The number of piperidine rings is 1. The molecule has 4 rings (SSSR count). The van der Waals surface area contributed by atoms with E-state index in [2.05, 4.69) is 19.9 Å². The molecule has 5 nitrogen and oxygen atoms in total. The Kier molecular flexibility index (Phi) is 5.16. The zero-order valence-electron chi connectivity index (χ0n) is 16.9. The molecule has 2 heterocycles. The molecule has 2 aliphatic heterocycles. The van der Waals surface area contributed by atoms with E-state index in [0.717, 1.165) is 31.2 Å². The lowest BCUT2D eigenvalue weighted by molar-refractivity contribution is -0.203. The van der Waals surface area contributed by atoms with Gasteiger partial charge in [-0.1, -0.05) is 30.3 Å². The highest BCUT2D eigenvalue weighted by Gasteiger charge is 2.49. The Morgan fingerprint density at radius 1 is 1.10 bits per heavy atom. The number of hydrogen-bond acceptors (Lipinski definition) is 5. The molecule has 2 unspecified atom stereocenters. The molecule has 0 saturated carbocycles. The lowest BCUT2D eigenvalue weighted by Crippen LogP contribution is -2.47. The van der Waals surface area contributed by atoms with Crippen LogP contribution in [0.4, 0.5) is 0 Å². The van der Waals surface area contributed by atoms with E-state index in [1.54, 1.807) is 17.2 Å². The van der Waals surface area contributed by atoms with Crippen molar-refractivity contribution in [3.8, 4) is 6.07 Å². The minimum absolute atomic E-state index is 0.113. The number of hydrogen-bond donors (Lipinski definition) is 0. The van der Waals surface area contributed by atoms with Crippen LogP contribution in [-0.2, 0) is 9.57 Å². The van der Waals surface area contributed by atoms with E-state index in [0.29, 0.717) is 17.7 Å². The third-order valence-electron chi connectivity index (χ3n) is 6.01. The van der Waals surface area contributed by atoms with E-state index in [-0.39, 0.29) is 23.2 Å².